The molecule has 1 radical (unpaired) electrons. The maximum absolute atomic E-state index is 5.92. The molecular weight excluding hydrogens is 421 g/mol. The number of rotatable bonds is 14. The molecule has 0 rings (SSSR count). The molecule has 0 bridgehead atoms. The number of hydrogen-bond acceptors (Lipinski definition) is 1. The van der Waals surface area contributed by atoms with Gasteiger partial charge in [0.2, 0.25) is 0 Å². The van der Waals surface area contributed by atoms with Gasteiger partial charge in [-0.05, 0) is 24.3 Å². The van der Waals surface area contributed by atoms with Crippen LogP contribution in [0, 0.1) is 35.6 Å². The van der Waals surface area contributed by atoms with Crippen molar-refractivity contribution in [3.63, 3.8) is 0 Å². The van der Waals surface area contributed by atoms with Crippen molar-refractivity contribution in [2.45, 2.75) is 90.9 Å². The largest absolute Gasteiger partial charge is 0.386 e. The van der Waals surface area contributed by atoms with E-state index in [-0.39, 0.29) is 46.5 Å². The van der Waals surface area contributed by atoms with Crippen molar-refractivity contribution < 1.29 is 35.6 Å². The summed E-state index contributed by atoms with van der Waals surface area (Å²) >= 11 is 5.26. The van der Waals surface area contributed by atoms with E-state index in [1.807, 2.05) is 0 Å². The average Bonchev–Trinajstić information content (AvgIpc) is 2.43. The van der Waals surface area contributed by atoms with Crippen molar-refractivity contribution in [3.05, 3.63) is 0 Å². The molecule has 0 amide bonds. The molecule has 0 unspecified atom stereocenters. The smallest absolute Gasteiger partial charge is 0.111 e. The molecular formula is C17H37LaNS2. The van der Waals surface area contributed by atoms with Gasteiger partial charge in [0, 0.05) is 35.6 Å². The second kappa shape index (κ2) is 19.5. The molecule has 0 aromatic rings. The summed E-state index contributed by atoms with van der Waals surface area (Å²) in [5.41, 5.74) is 5.92. The van der Waals surface area contributed by atoms with Gasteiger partial charge in [0.1, 0.15) is 4.32 Å². The number of unbranched alkanes of at least 4 members (excludes halogenated alkanes) is 10. The van der Waals surface area contributed by atoms with Gasteiger partial charge in [0.15, 0.2) is 0 Å². The molecule has 0 atom stereocenters. The van der Waals surface area contributed by atoms with Crippen LogP contribution in [0.3, 0.4) is 0 Å². The molecule has 0 aromatic heterocycles. The van der Waals surface area contributed by atoms with Crippen LogP contribution in [0.15, 0.2) is 0 Å². The minimum Gasteiger partial charge on any atom is -0.386 e. The van der Waals surface area contributed by atoms with Gasteiger partial charge >= 0.3 is 0 Å². The fourth-order valence-electron chi connectivity index (χ4n) is 2.50. The summed E-state index contributed by atoms with van der Waals surface area (Å²) in [6, 6.07) is 0. The second-order valence-corrected chi connectivity index (χ2v) is 9.06. The summed E-state index contributed by atoms with van der Waals surface area (Å²) in [6.07, 6.45) is 16.5. The Labute approximate surface area is 169 Å². The Morgan fingerprint density at radius 2 is 1.05 bits per heavy atom. The summed E-state index contributed by atoms with van der Waals surface area (Å²) in [7, 11) is -0.159. The monoisotopic (exact) mass is 458 g/mol. The van der Waals surface area contributed by atoms with E-state index in [4.69, 9.17) is 18.0 Å². The van der Waals surface area contributed by atoms with E-state index in [1.165, 1.54) is 88.6 Å². The molecule has 21 heavy (non-hydrogen) atoms. The first-order valence-corrected chi connectivity index (χ1v) is 10.9. The summed E-state index contributed by atoms with van der Waals surface area (Å²) in [6.45, 7) is 4.54. The number of nitrogens with two attached hydrogens (primary N) is 1. The standard InChI is InChI=1S/C17H37NS2.La/c1-3-5-7-9-11-13-15-20(17(18)19)16-14-12-10-8-6-4-2;/h20H,3-16H2,1-2H3,(H2,18,19);. The van der Waals surface area contributed by atoms with Crippen molar-refractivity contribution in [1.82, 2.24) is 0 Å². The van der Waals surface area contributed by atoms with Crippen LogP contribution in [-0.4, -0.2) is 15.8 Å². The number of thiol groups is 1. The van der Waals surface area contributed by atoms with Crippen LogP contribution in [0.4, 0.5) is 0 Å². The van der Waals surface area contributed by atoms with Crippen molar-refractivity contribution in [1.29, 1.82) is 0 Å². The Bertz CT molecular complexity index is 209. The van der Waals surface area contributed by atoms with Crippen molar-refractivity contribution in [2.24, 2.45) is 5.73 Å². The average molecular weight is 459 g/mol. The molecule has 0 saturated carbocycles. The third-order valence-electron chi connectivity index (χ3n) is 3.87. The molecule has 0 aliphatic heterocycles. The van der Waals surface area contributed by atoms with Crippen LogP contribution in [-0.2, 0) is 0 Å². The van der Waals surface area contributed by atoms with E-state index in [9.17, 15) is 0 Å². The zero-order valence-corrected chi connectivity index (χ0v) is 19.7. The van der Waals surface area contributed by atoms with E-state index in [0.29, 0.717) is 0 Å². The summed E-state index contributed by atoms with van der Waals surface area (Å²) in [4.78, 5) is 0. The molecule has 0 spiro atoms. The summed E-state index contributed by atoms with van der Waals surface area (Å²) < 4.78 is 0.821. The predicted molar refractivity (Wildman–Crippen MR) is 102 cm³/mol. The SMILES string of the molecule is CCCCCCCC[SH](CCCCCCCC)C(N)=S.[La]. The van der Waals surface area contributed by atoms with Gasteiger partial charge < -0.3 is 5.73 Å². The van der Waals surface area contributed by atoms with Crippen LogP contribution >= 0.6 is 23.1 Å². The van der Waals surface area contributed by atoms with Gasteiger partial charge in [-0.3, -0.25) is 0 Å². The van der Waals surface area contributed by atoms with Crippen molar-refractivity contribution >= 4 is 27.4 Å². The fourth-order valence-corrected chi connectivity index (χ4v) is 4.92. The van der Waals surface area contributed by atoms with Crippen LogP contribution in [0.2, 0.25) is 0 Å². The van der Waals surface area contributed by atoms with Gasteiger partial charge in [-0.1, -0.05) is 90.3 Å². The maximum Gasteiger partial charge on any atom is 0.111 e. The predicted octanol–water partition coefficient (Wildman–Crippen LogP) is 5.95. The number of thiocarbonyl (C=S) groups is 1. The minimum atomic E-state index is -0.159. The summed E-state index contributed by atoms with van der Waals surface area (Å²) in [5, 5.41) is 0. The molecule has 4 heteroatoms. The molecule has 1 nitrogen and oxygen atoms in total. The third kappa shape index (κ3) is 17.6. The van der Waals surface area contributed by atoms with Gasteiger partial charge in [0.25, 0.3) is 0 Å². The Morgan fingerprint density at radius 3 is 1.38 bits per heavy atom. The topological polar surface area (TPSA) is 26.0 Å². The van der Waals surface area contributed by atoms with E-state index in [1.54, 1.807) is 0 Å². The Balaban J connectivity index is 0. The first-order chi connectivity index (χ1) is 9.72. The van der Waals surface area contributed by atoms with Crippen LogP contribution in [0.25, 0.3) is 0 Å². The number of hydrogen-bond donors (Lipinski definition) is 2. The summed E-state index contributed by atoms with van der Waals surface area (Å²) in [5.74, 6) is 2.57. The molecule has 0 saturated heterocycles. The van der Waals surface area contributed by atoms with Crippen molar-refractivity contribution in [3.8, 4) is 0 Å². The van der Waals surface area contributed by atoms with Crippen molar-refractivity contribution in [2.75, 3.05) is 11.5 Å². The first-order valence-electron chi connectivity index (χ1n) is 8.76. The molecule has 0 aliphatic rings. The third-order valence-corrected chi connectivity index (χ3v) is 6.98. The van der Waals surface area contributed by atoms with E-state index in [0.717, 1.165) is 4.32 Å². The van der Waals surface area contributed by atoms with Crippen LogP contribution < -0.4 is 5.73 Å². The van der Waals surface area contributed by atoms with Gasteiger partial charge in [-0.25, -0.2) is 10.9 Å². The van der Waals surface area contributed by atoms with Crippen LogP contribution in [0.1, 0.15) is 90.9 Å². The molecule has 2 N–H and O–H groups in total. The van der Waals surface area contributed by atoms with E-state index >= 15 is 0 Å². The minimum absolute atomic E-state index is 0. The molecule has 0 heterocycles. The van der Waals surface area contributed by atoms with Gasteiger partial charge in [0.05, 0.1) is 0 Å². The van der Waals surface area contributed by atoms with E-state index < -0.39 is 0 Å². The first kappa shape index (κ1) is 24.7. The zero-order valence-electron chi connectivity index (χ0n) is 14.4. The quantitative estimate of drug-likeness (QED) is 0.191. The Morgan fingerprint density at radius 1 is 0.714 bits per heavy atom. The Kier molecular flexibility index (Phi) is 22.9. The molecule has 0 aromatic carbocycles. The molecule has 125 valence electrons. The van der Waals surface area contributed by atoms with Crippen LogP contribution in [0.5, 0.6) is 0 Å². The van der Waals surface area contributed by atoms with E-state index in [2.05, 4.69) is 13.8 Å². The molecule has 0 aliphatic carbocycles. The normalized spacial score (nSPS) is 11.0. The zero-order chi connectivity index (χ0) is 15.1. The molecule has 0 fully saturated rings. The fraction of sp³-hybridized carbons (Fsp3) is 0.941. The second-order valence-electron chi connectivity index (χ2n) is 5.86. The van der Waals surface area contributed by atoms with Gasteiger partial charge in [-0.15, -0.1) is 0 Å². The van der Waals surface area contributed by atoms with Gasteiger partial charge in [-0.2, -0.15) is 0 Å². The maximum atomic E-state index is 5.92. The Hall–Kier alpha value is 1.43.